The highest BCUT2D eigenvalue weighted by molar-refractivity contribution is 7.52. The standard InChI is InChI=1S/C23H32N3O10P/c1-3-4-12-33-22(30)15(2)25-37(32,36-16-8-6-5-7-9-16)34-14-18-17(13-27)20(29)21(35-18)26-11-10-19(28)24-23(26)31/h5-11,15,17-18,20-21,27,29H,3-4,12-14H2,1-2H3,(H,25,32)(H,24,28,31)/t15-,17-,18-,20-,21-,37-/m1/s1. The Balaban J connectivity index is 1.76. The molecule has 13 nitrogen and oxygen atoms in total. The normalized spacial score (nSPS) is 23.8. The first-order valence-corrected chi connectivity index (χ1v) is 13.4. The number of aromatic amines is 1. The Morgan fingerprint density at radius 1 is 1.27 bits per heavy atom. The van der Waals surface area contributed by atoms with Gasteiger partial charge >= 0.3 is 19.4 Å². The minimum atomic E-state index is -4.22. The third kappa shape index (κ3) is 7.60. The van der Waals surface area contributed by atoms with Crippen LogP contribution >= 0.6 is 7.75 Å². The van der Waals surface area contributed by atoms with Crippen molar-refractivity contribution in [3.8, 4) is 5.75 Å². The van der Waals surface area contributed by atoms with E-state index in [-0.39, 0.29) is 12.4 Å². The molecule has 1 saturated heterocycles. The average molecular weight is 541 g/mol. The van der Waals surface area contributed by atoms with Crippen molar-refractivity contribution in [2.75, 3.05) is 19.8 Å². The van der Waals surface area contributed by atoms with Gasteiger partial charge in [-0.25, -0.2) is 9.36 Å². The van der Waals surface area contributed by atoms with Crippen molar-refractivity contribution in [3.63, 3.8) is 0 Å². The van der Waals surface area contributed by atoms with E-state index in [0.717, 1.165) is 23.3 Å². The van der Waals surface area contributed by atoms with Crippen molar-refractivity contribution >= 4 is 13.7 Å². The van der Waals surface area contributed by atoms with Gasteiger partial charge in [0.2, 0.25) is 0 Å². The van der Waals surface area contributed by atoms with E-state index in [2.05, 4.69) is 10.1 Å². The number of aromatic nitrogens is 2. The zero-order valence-electron chi connectivity index (χ0n) is 20.5. The van der Waals surface area contributed by atoms with Gasteiger partial charge in [-0.3, -0.25) is 23.7 Å². The largest absolute Gasteiger partial charge is 0.465 e. The molecule has 3 rings (SSSR count). The van der Waals surface area contributed by atoms with E-state index in [4.69, 9.17) is 18.5 Å². The highest BCUT2D eigenvalue weighted by atomic mass is 31.2. The van der Waals surface area contributed by atoms with Gasteiger partial charge in [0, 0.05) is 18.2 Å². The van der Waals surface area contributed by atoms with E-state index in [1.54, 1.807) is 30.3 Å². The molecule has 0 unspecified atom stereocenters. The number of unbranched alkanes of at least 4 members (excludes halogenated alkanes) is 1. The predicted octanol–water partition coefficient (Wildman–Crippen LogP) is 0.929. The van der Waals surface area contributed by atoms with Gasteiger partial charge in [-0.2, -0.15) is 5.09 Å². The van der Waals surface area contributed by atoms with Crippen LogP contribution in [0.4, 0.5) is 0 Å². The monoisotopic (exact) mass is 541 g/mol. The van der Waals surface area contributed by atoms with E-state index in [0.29, 0.717) is 6.42 Å². The fourth-order valence-corrected chi connectivity index (χ4v) is 5.15. The lowest BCUT2D eigenvalue weighted by Crippen LogP contribution is -2.37. The van der Waals surface area contributed by atoms with E-state index in [9.17, 15) is 29.2 Å². The van der Waals surface area contributed by atoms with Crippen LogP contribution in [0.1, 0.15) is 32.9 Å². The second-order valence-corrected chi connectivity index (χ2v) is 10.2. The molecule has 2 heterocycles. The third-order valence-corrected chi connectivity index (χ3v) is 7.33. The number of benzene rings is 1. The summed E-state index contributed by atoms with van der Waals surface area (Å²) < 4.78 is 36.7. The predicted molar refractivity (Wildman–Crippen MR) is 131 cm³/mol. The first-order valence-electron chi connectivity index (χ1n) is 11.9. The second kappa shape index (κ2) is 13.1. The van der Waals surface area contributed by atoms with Crippen LogP contribution in [-0.2, 0) is 23.4 Å². The number of rotatable bonds is 13. The van der Waals surface area contributed by atoms with Crippen molar-refractivity contribution in [2.45, 2.75) is 51.2 Å². The smallest absolute Gasteiger partial charge is 0.459 e. The molecule has 1 aromatic carbocycles. The van der Waals surface area contributed by atoms with Crippen molar-refractivity contribution < 1.29 is 38.1 Å². The Labute approximate surface area is 212 Å². The molecule has 0 spiro atoms. The molecule has 1 aromatic heterocycles. The average Bonchev–Trinajstić information content (AvgIpc) is 3.18. The summed E-state index contributed by atoms with van der Waals surface area (Å²) in [7, 11) is -4.22. The number of hydrogen-bond acceptors (Lipinski definition) is 10. The molecule has 0 saturated carbocycles. The summed E-state index contributed by atoms with van der Waals surface area (Å²) in [6.07, 6.45) is -0.952. The van der Waals surface area contributed by atoms with Crippen LogP contribution in [0.2, 0.25) is 0 Å². The fourth-order valence-electron chi connectivity index (χ4n) is 3.65. The van der Waals surface area contributed by atoms with Crippen molar-refractivity contribution in [1.82, 2.24) is 14.6 Å². The zero-order chi connectivity index (χ0) is 27.0. The van der Waals surface area contributed by atoms with Gasteiger partial charge in [0.05, 0.1) is 25.9 Å². The Hall–Kier alpha value is -2.80. The van der Waals surface area contributed by atoms with Gasteiger partial charge in [0.25, 0.3) is 5.56 Å². The number of carbonyl (C=O) groups is 1. The van der Waals surface area contributed by atoms with Gasteiger partial charge in [0.15, 0.2) is 6.23 Å². The summed E-state index contributed by atoms with van der Waals surface area (Å²) in [5, 5.41) is 23.1. The lowest BCUT2D eigenvalue weighted by molar-refractivity contribution is -0.145. The molecule has 0 radical (unpaired) electrons. The quantitative estimate of drug-likeness (QED) is 0.161. The van der Waals surface area contributed by atoms with Crippen LogP contribution in [-0.4, -0.2) is 63.8 Å². The van der Waals surface area contributed by atoms with Gasteiger partial charge < -0.3 is 24.2 Å². The van der Waals surface area contributed by atoms with E-state index in [1.807, 2.05) is 6.92 Å². The molecule has 6 atom stereocenters. The lowest BCUT2D eigenvalue weighted by Gasteiger charge is -2.25. The third-order valence-electron chi connectivity index (χ3n) is 5.68. The summed E-state index contributed by atoms with van der Waals surface area (Å²) in [6, 6.07) is 8.18. The minimum absolute atomic E-state index is 0.202. The van der Waals surface area contributed by atoms with Crippen molar-refractivity contribution in [2.24, 2.45) is 5.92 Å². The van der Waals surface area contributed by atoms with E-state index >= 15 is 0 Å². The molecular weight excluding hydrogens is 509 g/mol. The molecule has 0 amide bonds. The zero-order valence-corrected chi connectivity index (χ0v) is 21.4. The summed E-state index contributed by atoms with van der Waals surface area (Å²) in [4.78, 5) is 38.0. The van der Waals surface area contributed by atoms with Crippen LogP contribution in [0.3, 0.4) is 0 Å². The number of H-pyrrole nitrogens is 1. The molecular formula is C23H32N3O10P. The van der Waals surface area contributed by atoms with E-state index in [1.165, 1.54) is 6.92 Å². The number of nitrogens with zero attached hydrogens (tertiary/aromatic N) is 1. The SMILES string of the molecule is CCCCOC(=O)[C@@H](C)N[P@@](=O)(OC[C@H]1O[C@@H](n2ccc(=O)[nH]c2=O)[C@H](O)[C@@H]1CO)Oc1ccccc1. The summed E-state index contributed by atoms with van der Waals surface area (Å²) in [5.74, 6) is -1.37. The molecule has 0 aliphatic carbocycles. The maximum atomic E-state index is 13.7. The van der Waals surface area contributed by atoms with Crippen LogP contribution in [0.5, 0.6) is 5.75 Å². The molecule has 1 aliphatic rings. The van der Waals surface area contributed by atoms with E-state index < -0.39 is 68.6 Å². The van der Waals surface area contributed by atoms with Crippen LogP contribution in [0.25, 0.3) is 0 Å². The van der Waals surface area contributed by atoms with Crippen LogP contribution < -0.4 is 20.9 Å². The molecule has 1 aliphatic heterocycles. The molecule has 37 heavy (non-hydrogen) atoms. The fraction of sp³-hybridized carbons (Fsp3) is 0.522. The molecule has 14 heteroatoms. The summed E-state index contributed by atoms with van der Waals surface area (Å²) in [5.41, 5.74) is -1.44. The number of ether oxygens (including phenoxy) is 2. The molecule has 0 bridgehead atoms. The summed E-state index contributed by atoms with van der Waals surface area (Å²) in [6.45, 7) is 2.63. The first-order chi connectivity index (χ1) is 17.7. The Kier molecular flexibility index (Phi) is 10.2. The minimum Gasteiger partial charge on any atom is -0.465 e. The van der Waals surface area contributed by atoms with Crippen molar-refractivity contribution in [1.29, 1.82) is 0 Å². The number of aliphatic hydroxyl groups excluding tert-OH is 2. The molecule has 1 fully saturated rings. The van der Waals surface area contributed by atoms with Gasteiger partial charge in [0.1, 0.15) is 17.9 Å². The number of nitrogens with one attached hydrogen (secondary N) is 2. The summed E-state index contributed by atoms with van der Waals surface area (Å²) >= 11 is 0. The van der Waals surface area contributed by atoms with Crippen molar-refractivity contribution in [3.05, 3.63) is 63.4 Å². The van der Waals surface area contributed by atoms with Gasteiger partial charge in [-0.05, 0) is 25.5 Å². The Morgan fingerprint density at radius 2 is 2.00 bits per heavy atom. The van der Waals surface area contributed by atoms with Crippen LogP contribution in [0.15, 0.2) is 52.2 Å². The number of carbonyl (C=O) groups excluding carboxylic acids is 1. The maximum absolute atomic E-state index is 13.7. The Morgan fingerprint density at radius 3 is 2.65 bits per heavy atom. The van der Waals surface area contributed by atoms with Gasteiger partial charge in [-0.1, -0.05) is 31.5 Å². The number of esters is 1. The topological polar surface area (TPSA) is 178 Å². The highest BCUT2D eigenvalue weighted by Crippen LogP contribution is 2.46. The molecule has 2 aromatic rings. The lowest BCUT2D eigenvalue weighted by atomic mass is 9.99. The number of para-hydroxylation sites is 1. The number of aliphatic hydroxyl groups is 2. The highest BCUT2D eigenvalue weighted by Gasteiger charge is 2.46. The number of hydrogen-bond donors (Lipinski definition) is 4. The molecule has 204 valence electrons. The maximum Gasteiger partial charge on any atom is 0.459 e. The first kappa shape index (κ1) is 28.8. The Bertz CT molecular complexity index is 1190. The molecule has 4 N–H and O–H groups in total. The van der Waals surface area contributed by atoms with Gasteiger partial charge in [-0.15, -0.1) is 0 Å². The second-order valence-electron chi connectivity index (χ2n) is 8.49. The van der Waals surface area contributed by atoms with Crippen LogP contribution in [0, 0.1) is 5.92 Å².